The Labute approximate surface area is 173 Å². The number of nitrogens with zero attached hydrogens (tertiary/aromatic N) is 3. The van der Waals surface area contributed by atoms with E-state index in [0.717, 1.165) is 37.0 Å². The van der Waals surface area contributed by atoms with Gasteiger partial charge in [-0.05, 0) is 49.7 Å². The van der Waals surface area contributed by atoms with Crippen LogP contribution in [0.3, 0.4) is 0 Å². The van der Waals surface area contributed by atoms with Crippen LogP contribution < -0.4 is 20.1 Å². The highest BCUT2D eigenvalue weighted by Gasteiger charge is 2.23. The lowest BCUT2D eigenvalue weighted by molar-refractivity contribution is 0.245. The molecule has 2 N–H and O–H groups in total. The summed E-state index contributed by atoms with van der Waals surface area (Å²) in [6.45, 7) is 3.60. The van der Waals surface area contributed by atoms with Gasteiger partial charge in [-0.15, -0.1) is 0 Å². The second-order valence-electron chi connectivity index (χ2n) is 7.01. The predicted octanol–water partition coefficient (Wildman–Crippen LogP) is 2.60. The summed E-state index contributed by atoms with van der Waals surface area (Å²) in [7, 11) is 5.10. The van der Waals surface area contributed by atoms with Gasteiger partial charge in [-0.25, -0.2) is 4.98 Å². The molecule has 0 bridgehead atoms. The van der Waals surface area contributed by atoms with Gasteiger partial charge in [0.15, 0.2) is 5.96 Å². The van der Waals surface area contributed by atoms with E-state index in [-0.39, 0.29) is 6.04 Å². The van der Waals surface area contributed by atoms with Gasteiger partial charge >= 0.3 is 0 Å². The predicted molar refractivity (Wildman–Crippen MR) is 116 cm³/mol. The molecule has 1 atom stereocenters. The van der Waals surface area contributed by atoms with Gasteiger partial charge in [0.25, 0.3) is 0 Å². The number of hydrogen-bond donors (Lipinski definition) is 2. The van der Waals surface area contributed by atoms with E-state index in [9.17, 15) is 0 Å². The van der Waals surface area contributed by atoms with Crippen LogP contribution in [0.1, 0.15) is 30.1 Å². The minimum atomic E-state index is 0.289. The van der Waals surface area contributed by atoms with Crippen molar-refractivity contribution in [3.8, 4) is 11.6 Å². The van der Waals surface area contributed by atoms with Crippen molar-refractivity contribution in [2.75, 3.05) is 40.9 Å². The number of likely N-dealkylation sites (tertiary alicyclic amines) is 1. The molecule has 29 heavy (non-hydrogen) atoms. The van der Waals surface area contributed by atoms with E-state index < -0.39 is 0 Å². The second-order valence-corrected chi connectivity index (χ2v) is 7.01. The maximum atomic E-state index is 5.31. The lowest BCUT2D eigenvalue weighted by Crippen LogP contribution is -2.42. The number of rotatable bonds is 8. The summed E-state index contributed by atoms with van der Waals surface area (Å²) >= 11 is 0. The minimum Gasteiger partial charge on any atom is -0.497 e. The number of methoxy groups -OCH3 is 2. The van der Waals surface area contributed by atoms with Gasteiger partial charge in [0.05, 0.1) is 32.5 Å². The number of hydrogen-bond acceptors (Lipinski definition) is 5. The molecule has 1 fully saturated rings. The first-order valence-corrected chi connectivity index (χ1v) is 10.1. The highest BCUT2D eigenvalue weighted by molar-refractivity contribution is 5.79. The molecular weight excluding hydrogens is 366 g/mol. The van der Waals surface area contributed by atoms with Gasteiger partial charge in [0, 0.05) is 19.7 Å². The number of ether oxygens (including phenoxy) is 2. The van der Waals surface area contributed by atoms with Gasteiger partial charge in [0.2, 0.25) is 5.88 Å². The molecule has 7 heteroatoms. The summed E-state index contributed by atoms with van der Waals surface area (Å²) in [5.41, 5.74) is 2.18. The van der Waals surface area contributed by atoms with Gasteiger partial charge in [-0.3, -0.25) is 9.89 Å². The Balaban J connectivity index is 1.61. The standard InChI is InChI=1S/C22H31N5O2/c1-23-22(24-15-18-7-6-8-21(26-18)29-3)25-16-20(27-13-4-5-14-27)17-9-11-19(28-2)12-10-17/h6-12,20H,4-5,13-16H2,1-3H3,(H2,23,24,25). The third kappa shape index (κ3) is 5.84. The molecule has 0 saturated carbocycles. The van der Waals surface area contributed by atoms with Crippen molar-refractivity contribution in [3.63, 3.8) is 0 Å². The number of nitrogens with one attached hydrogen (secondary N) is 2. The van der Waals surface area contributed by atoms with Crippen LogP contribution in [0.4, 0.5) is 0 Å². The maximum Gasteiger partial charge on any atom is 0.213 e. The topological polar surface area (TPSA) is 71.0 Å². The summed E-state index contributed by atoms with van der Waals surface area (Å²) in [5, 5.41) is 6.81. The van der Waals surface area contributed by atoms with Crippen LogP contribution in [0.5, 0.6) is 11.6 Å². The van der Waals surface area contributed by atoms with Crippen LogP contribution in [0.2, 0.25) is 0 Å². The van der Waals surface area contributed by atoms with Crippen LogP contribution in [-0.2, 0) is 6.54 Å². The summed E-state index contributed by atoms with van der Waals surface area (Å²) in [6, 6.07) is 14.4. The first-order chi connectivity index (χ1) is 14.2. The zero-order valence-electron chi connectivity index (χ0n) is 17.5. The zero-order chi connectivity index (χ0) is 20.5. The fraction of sp³-hybridized carbons (Fsp3) is 0.455. The highest BCUT2D eigenvalue weighted by atomic mass is 16.5. The molecule has 156 valence electrons. The van der Waals surface area contributed by atoms with E-state index >= 15 is 0 Å². The average Bonchev–Trinajstić information content (AvgIpc) is 3.31. The lowest BCUT2D eigenvalue weighted by Gasteiger charge is -2.29. The molecule has 2 heterocycles. The smallest absolute Gasteiger partial charge is 0.213 e. The summed E-state index contributed by atoms with van der Waals surface area (Å²) in [4.78, 5) is 11.3. The maximum absolute atomic E-state index is 5.31. The number of pyridine rings is 1. The quantitative estimate of drug-likeness (QED) is 0.527. The highest BCUT2D eigenvalue weighted by Crippen LogP contribution is 2.26. The molecule has 1 aliphatic heterocycles. The Bertz CT molecular complexity index is 788. The van der Waals surface area contributed by atoms with E-state index in [2.05, 4.69) is 37.6 Å². The van der Waals surface area contributed by atoms with Crippen LogP contribution in [0.15, 0.2) is 47.5 Å². The fourth-order valence-corrected chi connectivity index (χ4v) is 3.60. The Kier molecular flexibility index (Phi) is 7.69. The SMILES string of the molecule is CN=C(NCc1cccc(OC)n1)NCC(c1ccc(OC)cc1)N1CCCC1. The Morgan fingerprint density at radius 3 is 2.48 bits per heavy atom. The van der Waals surface area contributed by atoms with E-state index in [1.165, 1.54) is 18.4 Å². The van der Waals surface area contributed by atoms with Crippen LogP contribution in [-0.4, -0.2) is 56.7 Å². The summed E-state index contributed by atoms with van der Waals surface area (Å²) in [5.74, 6) is 2.25. The monoisotopic (exact) mass is 397 g/mol. The molecule has 1 aromatic carbocycles. The molecule has 1 aliphatic rings. The number of guanidine groups is 1. The number of aromatic nitrogens is 1. The van der Waals surface area contributed by atoms with Gasteiger partial charge in [-0.1, -0.05) is 18.2 Å². The Morgan fingerprint density at radius 2 is 1.83 bits per heavy atom. The number of benzene rings is 1. The second kappa shape index (κ2) is 10.7. The van der Waals surface area contributed by atoms with E-state index in [4.69, 9.17) is 9.47 Å². The Hall–Kier alpha value is -2.80. The molecule has 1 saturated heterocycles. The molecule has 1 aromatic heterocycles. The fourth-order valence-electron chi connectivity index (χ4n) is 3.60. The van der Waals surface area contributed by atoms with Gasteiger partial charge in [0.1, 0.15) is 5.75 Å². The van der Waals surface area contributed by atoms with Crippen molar-refractivity contribution < 1.29 is 9.47 Å². The van der Waals surface area contributed by atoms with Crippen LogP contribution >= 0.6 is 0 Å². The van der Waals surface area contributed by atoms with Gasteiger partial charge in [-0.2, -0.15) is 0 Å². The van der Waals surface area contributed by atoms with Crippen molar-refractivity contribution >= 4 is 5.96 Å². The van der Waals surface area contributed by atoms with Gasteiger partial charge < -0.3 is 20.1 Å². The van der Waals surface area contributed by atoms with Crippen molar-refractivity contribution in [1.29, 1.82) is 0 Å². The van der Waals surface area contributed by atoms with E-state index in [1.54, 1.807) is 21.3 Å². The normalized spacial score (nSPS) is 15.8. The molecule has 0 radical (unpaired) electrons. The first-order valence-electron chi connectivity index (χ1n) is 10.1. The van der Waals surface area contributed by atoms with Crippen molar-refractivity contribution in [2.24, 2.45) is 4.99 Å². The third-order valence-corrected chi connectivity index (χ3v) is 5.20. The largest absolute Gasteiger partial charge is 0.497 e. The number of aliphatic imine (C=N–C) groups is 1. The average molecular weight is 398 g/mol. The lowest BCUT2D eigenvalue weighted by atomic mass is 10.1. The van der Waals surface area contributed by atoms with Crippen molar-refractivity contribution in [2.45, 2.75) is 25.4 Å². The van der Waals surface area contributed by atoms with Crippen LogP contribution in [0.25, 0.3) is 0 Å². The molecular formula is C22H31N5O2. The molecule has 0 aliphatic carbocycles. The van der Waals surface area contributed by atoms with Crippen molar-refractivity contribution in [1.82, 2.24) is 20.5 Å². The zero-order valence-corrected chi connectivity index (χ0v) is 17.5. The molecule has 0 spiro atoms. The van der Waals surface area contributed by atoms with E-state index in [1.807, 2.05) is 30.3 Å². The molecule has 1 unspecified atom stereocenters. The third-order valence-electron chi connectivity index (χ3n) is 5.20. The molecule has 2 aromatic rings. The van der Waals surface area contributed by atoms with Crippen molar-refractivity contribution in [3.05, 3.63) is 53.7 Å². The molecule has 7 nitrogen and oxygen atoms in total. The minimum absolute atomic E-state index is 0.289. The van der Waals surface area contributed by atoms with E-state index in [0.29, 0.717) is 12.4 Å². The molecule has 0 amide bonds. The summed E-state index contributed by atoms with van der Waals surface area (Å²) in [6.07, 6.45) is 2.50. The first kappa shape index (κ1) is 20.9. The van der Waals surface area contributed by atoms with Crippen LogP contribution in [0, 0.1) is 0 Å². The molecule has 3 rings (SSSR count). The summed E-state index contributed by atoms with van der Waals surface area (Å²) < 4.78 is 10.5. The Morgan fingerprint density at radius 1 is 1.07 bits per heavy atom.